The molecule has 4 heteroatoms. The van der Waals surface area contributed by atoms with E-state index in [1.165, 1.54) is 6.42 Å². The number of benzene rings is 1. The first-order chi connectivity index (χ1) is 10.2. The molecule has 0 spiro atoms. The molecule has 1 aliphatic carbocycles. The van der Waals surface area contributed by atoms with Crippen LogP contribution in [0.15, 0.2) is 24.3 Å². The van der Waals surface area contributed by atoms with Gasteiger partial charge in [0.25, 0.3) is 0 Å². The number of amides is 1. The first-order valence-electron chi connectivity index (χ1n) is 7.53. The third-order valence-electron chi connectivity index (χ3n) is 4.31. The third kappa shape index (κ3) is 3.36. The van der Waals surface area contributed by atoms with Gasteiger partial charge in [-0.15, -0.1) is 0 Å². The Morgan fingerprint density at radius 3 is 2.52 bits per heavy atom. The summed E-state index contributed by atoms with van der Waals surface area (Å²) in [6, 6.07) is 9.87. The van der Waals surface area contributed by atoms with Gasteiger partial charge in [-0.2, -0.15) is 5.26 Å². The van der Waals surface area contributed by atoms with Gasteiger partial charge < -0.3 is 10.1 Å². The van der Waals surface area contributed by atoms with E-state index in [-0.39, 0.29) is 5.91 Å². The number of carbonyl (C=O) groups is 1. The number of ether oxygens (including phenoxy) is 1. The second-order valence-corrected chi connectivity index (χ2v) is 5.54. The van der Waals surface area contributed by atoms with Crippen molar-refractivity contribution >= 4 is 5.91 Å². The molecule has 4 nitrogen and oxygen atoms in total. The normalized spacial score (nSPS) is 16.8. The average molecular weight is 286 g/mol. The molecule has 1 aromatic carbocycles. The molecular weight excluding hydrogens is 264 g/mol. The lowest BCUT2D eigenvalue weighted by molar-refractivity contribution is -0.128. The third-order valence-corrected chi connectivity index (χ3v) is 4.31. The molecule has 0 atom stereocenters. The number of nitrogens with one attached hydrogen (secondary N) is 1. The van der Waals surface area contributed by atoms with Crippen molar-refractivity contribution < 1.29 is 9.53 Å². The van der Waals surface area contributed by atoms with Crippen LogP contribution < -0.4 is 10.1 Å². The summed E-state index contributed by atoms with van der Waals surface area (Å²) in [4.78, 5) is 12.7. The predicted octanol–water partition coefficient (Wildman–Crippen LogP) is 2.93. The van der Waals surface area contributed by atoms with Gasteiger partial charge in [-0.3, -0.25) is 4.79 Å². The zero-order chi connectivity index (χ0) is 15.1. The molecule has 1 saturated carbocycles. The molecule has 2 rings (SSSR count). The highest BCUT2D eigenvalue weighted by Crippen LogP contribution is 2.40. The highest BCUT2D eigenvalue weighted by Gasteiger charge is 2.40. The van der Waals surface area contributed by atoms with Gasteiger partial charge in [0, 0.05) is 6.54 Å². The van der Waals surface area contributed by atoms with Crippen molar-refractivity contribution in [3.8, 4) is 11.8 Å². The van der Waals surface area contributed by atoms with E-state index < -0.39 is 5.41 Å². The predicted molar refractivity (Wildman–Crippen MR) is 81.0 cm³/mol. The van der Waals surface area contributed by atoms with E-state index in [9.17, 15) is 4.79 Å². The molecule has 1 N–H and O–H groups in total. The van der Waals surface area contributed by atoms with E-state index in [2.05, 4.69) is 11.4 Å². The van der Waals surface area contributed by atoms with Crippen LogP contribution in [0.2, 0.25) is 0 Å². The molecule has 0 radical (unpaired) electrons. The van der Waals surface area contributed by atoms with Crippen LogP contribution in [0.4, 0.5) is 0 Å². The fourth-order valence-electron chi connectivity index (χ4n) is 3.11. The summed E-state index contributed by atoms with van der Waals surface area (Å²) in [6.45, 7) is 0.424. The van der Waals surface area contributed by atoms with Crippen LogP contribution in [0.3, 0.4) is 0 Å². The quantitative estimate of drug-likeness (QED) is 0.846. The lowest BCUT2D eigenvalue weighted by Gasteiger charge is -2.36. The van der Waals surface area contributed by atoms with Crippen LogP contribution >= 0.6 is 0 Å². The largest absolute Gasteiger partial charge is 0.497 e. The maximum Gasteiger partial charge on any atom is 0.230 e. The van der Waals surface area contributed by atoms with E-state index >= 15 is 0 Å². The van der Waals surface area contributed by atoms with E-state index in [0.717, 1.165) is 37.0 Å². The summed E-state index contributed by atoms with van der Waals surface area (Å²) in [5, 5.41) is 11.5. The Bertz CT molecular complexity index is 511. The Balaban J connectivity index is 2.23. The Labute approximate surface area is 126 Å². The number of hydrogen-bond acceptors (Lipinski definition) is 3. The molecule has 0 saturated heterocycles. The van der Waals surface area contributed by atoms with Gasteiger partial charge in [-0.1, -0.05) is 31.4 Å². The zero-order valence-corrected chi connectivity index (χ0v) is 12.5. The molecule has 112 valence electrons. The van der Waals surface area contributed by atoms with Crippen molar-refractivity contribution in [2.24, 2.45) is 0 Å². The van der Waals surface area contributed by atoms with Gasteiger partial charge in [0.05, 0.1) is 25.0 Å². The molecule has 1 aliphatic rings. The average Bonchev–Trinajstić information content (AvgIpc) is 2.55. The number of nitrogens with zero attached hydrogens (tertiary/aromatic N) is 1. The number of methoxy groups -OCH3 is 1. The molecular formula is C17H22N2O2. The summed E-state index contributed by atoms with van der Waals surface area (Å²) in [7, 11) is 1.64. The maximum absolute atomic E-state index is 12.7. The van der Waals surface area contributed by atoms with Crippen molar-refractivity contribution in [3.05, 3.63) is 29.8 Å². The van der Waals surface area contributed by atoms with Gasteiger partial charge in [-0.25, -0.2) is 0 Å². The van der Waals surface area contributed by atoms with Crippen molar-refractivity contribution in [2.75, 3.05) is 13.7 Å². The van der Waals surface area contributed by atoms with Crippen LogP contribution in [0.25, 0.3) is 0 Å². The van der Waals surface area contributed by atoms with Crippen molar-refractivity contribution in [3.63, 3.8) is 0 Å². The fraction of sp³-hybridized carbons (Fsp3) is 0.529. The van der Waals surface area contributed by atoms with Gasteiger partial charge in [0.15, 0.2) is 0 Å². The molecule has 0 aliphatic heterocycles. The first kappa shape index (κ1) is 15.4. The molecule has 0 heterocycles. The Morgan fingerprint density at radius 2 is 1.95 bits per heavy atom. The Kier molecular flexibility index (Phi) is 5.21. The van der Waals surface area contributed by atoms with E-state index in [4.69, 9.17) is 10.00 Å². The van der Waals surface area contributed by atoms with Crippen molar-refractivity contribution in [1.82, 2.24) is 5.32 Å². The van der Waals surface area contributed by atoms with Crippen LogP contribution in [0, 0.1) is 11.3 Å². The summed E-state index contributed by atoms with van der Waals surface area (Å²) in [6.07, 6.45) is 5.42. The molecule has 21 heavy (non-hydrogen) atoms. The standard InChI is InChI=1S/C17H22N2O2/c1-21-15-8-6-14(7-9-15)17(10-3-2-4-11-17)16(20)19-13-5-12-18/h6-9H,2-5,10-11,13H2,1H3,(H,19,20). The number of hydrogen-bond donors (Lipinski definition) is 1. The molecule has 1 aromatic rings. The Hall–Kier alpha value is -2.02. The monoisotopic (exact) mass is 286 g/mol. The highest BCUT2D eigenvalue weighted by atomic mass is 16.5. The van der Waals surface area contributed by atoms with Crippen molar-refractivity contribution in [2.45, 2.75) is 43.9 Å². The minimum Gasteiger partial charge on any atom is -0.497 e. The summed E-state index contributed by atoms with van der Waals surface area (Å²) >= 11 is 0. The van der Waals surface area contributed by atoms with E-state index in [1.54, 1.807) is 7.11 Å². The first-order valence-corrected chi connectivity index (χ1v) is 7.53. The van der Waals surface area contributed by atoms with Crippen LogP contribution in [-0.4, -0.2) is 19.6 Å². The van der Waals surface area contributed by atoms with Crippen LogP contribution in [0.5, 0.6) is 5.75 Å². The summed E-state index contributed by atoms with van der Waals surface area (Å²) < 4.78 is 5.19. The second kappa shape index (κ2) is 7.12. The number of nitriles is 1. The molecule has 0 aromatic heterocycles. The van der Waals surface area contributed by atoms with Crippen LogP contribution in [-0.2, 0) is 10.2 Å². The van der Waals surface area contributed by atoms with Gasteiger partial charge in [0.2, 0.25) is 5.91 Å². The highest BCUT2D eigenvalue weighted by molar-refractivity contribution is 5.88. The smallest absolute Gasteiger partial charge is 0.230 e. The molecule has 1 fully saturated rings. The minimum atomic E-state index is -0.444. The maximum atomic E-state index is 12.7. The second-order valence-electron chi connectivity index (χ2n) is 5.54. The van der Waals surface area contributed by atoms with Crippen molar-refractivity contribution in [1.29, 1.82) is 5.26 Å². The lowest BCUT2D eigenvalue weighted by Crippen LogP contribution is -2.46. The van der Waals surface area contributed by atoms with E-state index in [0.29, 0.717) is 13.0 Å². The van der Waals surface area contributed by atoms with E-state index in [1.807, 2.05) is 24.3 Å². The molecule has 0 bridgehead atoms. The SMILES string of the molecule is COc1ccc(C2(C(=O)NCCC#N)CCCCC2)cc1. The number of carbonyl (C=O) groups excluding carboxylic acids is 1. The fourth-order valence-corrected chi connectivity index (χ4v) is 3.11. The summed E-state index contributed by atoms with van der Waals surface area (Å²) in [5.74, 6) is 0.859. The molecule has 0 unspecified atom stereocenters. The Morgan fingerprint density at radius 1 is 1.29 bits per heavy atom. The van der Waals surface area contributed by atoms with Gasteiger partial charge in [-0.05, 0) is 30.5 Å². The molecule has 1 amide bonds. The lowest BCUT2D eigenvalue weighted by atomic mass is 9.68. The zero-order valence-electron chi connectivity index (χ0n) is 12.5. The van der Waals surface area contributed by atoms with Gasteiger partial charge in [0.1, 0.15) is 5.75 Å². The van der Waals surface area contributed by atoms with Gasteiger partial charge >= 0.3 is 0 Å². The summed E-state index contributed by atoms with van der Waals surface area (Å²) in [5.41, 5.74) is 0.609. The van der Waals surface area contributed by atoms with Crippen LogP contribution in [0.1, 0.15) is 44.1 Å². The topological polar surface area (TPSA) is 62.1 Å². The number of rotatable bonds is 5. The minimum absolute atomic E-state index is 0.0580.